The number of carbonyl (C=O) groups excluding carboxylic acids is 1. The lowest BCUT2D eigenvalue weighted by molar-refractivity contribution is 0.0985. The lowest BCUT2D eigenvalue weighted by Gasteiger charge is -2.29. The first-order valence-electron chi connectivity index (χ1n) is 6.72. The summed E-state index contributed by atoms with van der Waals surface area (Å²) in [5.74, 6) is 0.107. The number of rotatable bonds is 1. The zero-order valence-electron chi connectivity index (χ0n) is 11.1. The van der Waals surface area contributed by atoms with Crippen LogP contribution in [0.1, 0.15) is 27.9 Å². The summed E-state index contributed by atoms with van der Waals surface area (Å²) in [6.07, 6.45) is 2.10. The van der Waals surface area contributed by atoms with Gasteiger partial charge in [-0.05, 0) is 43.5 Å². The lowest BCUT2D eigenvalue weighted by Crippen LogP contribution is -2.35. The summed E-state index contributed by atoms with van der Waals surface area (Å²) < 4.78 is 0. The fourth-order valence-corrected chi connectivity index (χ4v) is 2.68. The van der Waals surface area contributed by atoms with E-state index in [9.17, 15) is 4.79 Å². The smallest absolute Gasteiger partial charge is 0.258 e. The molecule has 0 aromatic heterocycles. The summed E-state index contributed by atoms with van der Waals surface area (Å²) in [5, 5.41) is 0. The van der Waals surface area contributed by atoms with E-state index in [1.807, 2.05) is 54.3 Å². The Morgan fingerprint density at radius 1 is 1.11 bits per heavy atom. The molecule has 0 bridgehead atoms. The summed E-state index contributed by atoms with van der Waals surface area (Å²) in [4.78, 5) is 14.6. The molecule has 2 aromatic carbocycles. The molecule has 1 aliphatic rings. The Morgan fingerprint density at radius 3 is 2.79 bits per heavy atom. The predicted molar refractivity (Wildman–Crippen MR) is 77.6 cm³/mol. The number of fused-ring (bicyclic) bond motifs is 1. The lowest BCUT2D eigenvalue weighted by atomic mass is 10.0. The highest BCUT2D eigenvalue weighted by Gasteiger charge is 2.22. The molecule has 0 fully saturated rings. The molecule has 1 amide bonds. The molecule has 96 valence electrons. The Bertz CT molecular complexity index is 618. The first-order valence-corrected chi connectivity index (χ1v) is 6.72. The number of aryl methyl sites for hydroxylation is 2. The van der Waals surface area contributed by atoms with Gasteiger partial charge in [0.15, 0.2) is 0 Å². The van der Waals surface area contributed by atoms with Gasteiger partial charge in [-0.25, -0.2) is 0 Å². The summed E-state index contributed by atoms with van der Waals surface area (Å²) >= 11 is 0. The number of para-hydroxylation sites is 1. The van der Waals surface area contributed by atoms with Crippen LogP contribution in [-0.4, -0.2) is 12.5 Å². The second-order valence-corrected chi connectivity index (χ2v) is 5.06. The van der Waals surface area contributed by atoms with E-state index in [2.05, 4.69) is 6.07 Å². The zero-order valence-corrected chi connectivity index (χ0v) is 11.1. The summed E-state index contributed by atoms with van der Waals surface area (Å²) in [5.41, 5.74) is 4.24. The maximum Gasteiger partial charge on any atom is 0.258 e. The van der Waals surface area contributed by atoms with Crippen LogP contribution in [0.2, 0.25) is 0 Å². The van der Waals surface area contributed by atoms with E-state index < -0.39 is 0 Å². The van der Waals surface area contributed by atoms with Gasteiger partial charge in [-0.2, -0.15) is 0 Å². The highest BCUT2D eigenvalue weighted by Crippen LogP contribution is 2.28. The van der Waals surface area contributed by atoms with Gasteiger partial charge >= 0.3 is 0 Å². The van der Waals surface area contributed by atoms with Gasteiger partial charge in [-0.15, -0.1) is 0 Å². The second kappa shape index (κ2) is 4.88. The largest absolute Gasteiger partial charge is 0.308 e. The molecule has 19 heavy (non-hydrogen) atoms. The van der Waals surface area contributed by atoms with Crippen molar-refractivity contribution < 1.29 is 4.79 Å². The molecular formula is C17H17NO. The van der Waals surface area contributed by atoms with Gasteiger partial charge in [-0.3, -0.25) is 4.79 Å². The minimum atomic E-state index is 0.107. The minimum absolute atomic E-state index is 0.107. The first-order chi connectivity index (χ1) is 9.25. The van der Waals surface area contributed by atoms with Crippen LogP contribution in [0.15, 0.2) is 48.5 Å². The van der Waals surface area contributed by atoms with Crippen molar-refractivity contribution >= 4 is 11.6 Å². The summed E-state index contributed by atoms with van der Waals surface area (Å²) in [7, 11) is 0. The number of hydrogen-bond acceptors (Lipinski definition) is 1. The van der Waals surface area contributed by atoms with Gasteiger partial charge in [0.05, 0.1) is 0 Å². The highest BCUT2D eigenvalue weighted by molar-refractivity contribution is 6.06. The van der Waals surface area contributed by atoms with Crippen molar-refractivity contribution in [3.05, 3.63) is 65.2 Å². The quantitative estimate of drug-likeness (QED) is 0.758. The standard InChI is InChI=1S/C17H17NO/c1-13-6-4-8-15(12-13)17(19)18-11-5-9-14-7-2-3-10-16(14)18/h2-4,6-8,10,12H,5,9,11H2,1H3. The van der Waals surface area contributed by atoms with Crippen molar-refractivity contribution in [3.8, 4) is 0 Å². The van der Waals surface area contributed by atoms with E-state index in [1.165, 1.54) is 5.56 Å². The molecule has 2 aromatic rings. The molecule has 0 unspecified atom stereocenters. The fourth-order valence-electron chi connectivity index (χ4n) is 2.68. The summed E-state index contributed by atoms with van der Waals surface area (Å²) in [6.45, 7) is 2.82. The van der Waals surface area contributed by atoms with E-state index in [-0.39, 0.29) is 5.91 Å². The first kappa shape index (κ1) is 12.0. The molecule has 1 heterocycles. The van der Waals surface area contributed by atoms with Crippen LogP contribution in [0.5, 0.6) is 0 Å². The summed E-state index contributed by atoms with van der Waals surface area (Å²) in [6, 6.07) is 16.0. The molecule has 1 aliphatic heterocycles. The number of hydrogen-bond donors (Lipinski definition) is 0. The van der Waals surface area contributed by atoms with Gasteiger partial charge in [0.1, 0.15) is 0 Å². The molecule has 0 aliphatic carbocycles. The molecule has 0 N–H and O–H groups in total. The normalized spacial score (nSPS) is 14.1. The van der Waals surface area contributed by atoms with Crippen LogP contribution in [-0.2, 0) is 6.42 Å². The van der Waals surface area contributed by atoms with Crippen LogP contribution in [0.4, 0.5) is 5.69 Å². The van der Waals surface area contributed by atoms with Crippen molar-refractivity contribution in [1.82, 2.24) is 0 Å². The Labute approximate surface area is 113 Å². The van der Waals surface area contributed by atoms with E-state index in [0.29, 0.717) is 0 Å². The SMILES string of the molecule is Cc1cccc(C(=O)N2CCCc3ccccc32)c1. The third-order valence-corrected chi connectivity index (χ3v) is 3.62. The molecule has 0 saturated carbocycles. The predicted octanol–water partition coefficient (Wildman–Crippen LogP) is 3.59. The average Bonchev–Trinajstić information content (AvgIpc) is 2.46. The topological polar surface area (TPSA) is 20.3 Å². The number of benzene rings is 2. The third-order valence-electron chi connectivity index (χ3n) is 3.62. The molecule has 0 saturated heterocycles. The van der Waals surface area contributed by atoms with Crippen molar-refractivity contribution in [2.45, 2.75) is 19.8 Å². The van der Waals surface area contributed by atoms with Crippen LogP contribution in [0.25, 0.3) is 0 Å². The Kier molecular flexibility index (Phi) is 3.08. The van der Waals surface area contributed by atoms with E-state index >= 15 is 0 Å². The number of amides is 1. The Morgan fingerprint density at radius 2 is 1.95 bits per heavy atom. The van der Waals surface area contributed by atoms with Gasteiger partial charge < -0.3 is 4.90 Å². The number of anilines is 1. The van der Waals surface area contributed by atoms with Crippen molar-refractivity contribution in [2.75, 3.05) is 11.4 Å². The molecule has 0 atom stereocenters. The van der Waals surface area contributed by atoms with Crippen molar-refractivity contribution in [3.63, 3.8) is 0 Å². The average molecular weight is 251 g/mol. The Balaban J connectivity index is 1.98. The minimum Gasteiger partial charge on any atom is -0.308 e. The maximum absolute atomic E-state index is 12.6. The molecule has 0 spiro atoms. The molecule has 0 radical (unpaired) electrons. The molecular weight excluding hydrogens is 234 g/mol. The zero-order chi connectivity index (χ0) is 13.2. The van der Waals surface area contributed by atoms with Gasteiger partial charge in [0.25, 0.3) is 5.91 Å². The van der Waals surface area contributed by atoms with E-state index in [0.717, 1.165) is 36.2 Å². The fraction of sp³-hybridized carbons (Fsp3) is 0.235. The van der Waals surface area contributed by atoms with Crippen LogP contribution in [0, 0.1) is 6.92 Å². The molecule has 3 rings (SSSR count). The van der Waals surface area contributed by atoms with Gasteiger partial charge in [0, 0.05) is 17.8 Å². The van der Waals surface area contributed by atoms with Crippen LogP contribution < -0.4 is 4.90 Å². The monoisotopic (exact) mass is 251 g/mol. The third kappa shape index (κ3) is 2.26. The maximum atomic E-state index is 12.6. The number of nitrogens with zero attached hydrogens (tertiary/aromatic N) is 1. The molecule has 2 heteroatoms. The molecule has 2 nitrogen and oxygen atoms in total. The van der Waals surface area contributed by atoms with Crippen LogP contribution in [0.3, 0.4) is 0 Å². The van der Waals surface area contributed by atoms with Gasteiger partial charge in [-0.1, -0.05) is 35.9 Å². The van der Waals surface area contributed by atoms with Gasteiger partial charge in [0.2, 0.25) is 0 Å². The van der Waals surface area contributed by atoms with Crippen LogP contribution >= 0.6 is 0 Å². The Hall–Kier alpha value is -2.09. The van der Waals surface area contributed by atoms with E-state index in [1.54, 1.807) is 0 Å². The number of carbonyl (C=O) groups is 1. The van der Waals surface area contributed by atoms with E-state index in [4.69, 9.17) is 0 Å². The van der Waals surface area contributed by atoms with Crippen molar-refractivity contribution in [1.29, 1.82) is 0 Å². The highest BCUT2D eigenvalue weighted by atomic mass is 16.2. The van der Waals surface area contributed by atoms with Crippen molar-refractivity contribution in [2.24, 2.45) is 0 Å². The second-order valence-electron chi connectivity index (χ2n) is 5.06.